The van der Waals surface area contributed by atoms with Crippen LogP contribution in [-0.2, 0) is 0 Å². The van der Waals surface area contributed by atoms with E-state index in [1.165, 1.54) is 23.9 Å². The maximum absolute atomic E-state index is 9.16. The van der Waals surface area contributed by atoms with Gasteiger partial charge in [0.2, 0.25) is 0 Å². The number of benzene rings is 2. The molecule has 0 saturated carbocycles. The third kappa shape index (κ3) is 3.45. The zero-order chi connectivity index (χ0) is 13.2. The summed E-state index contributed by atoms with van der Waals surface area (Å²) in [6.07, 6.45) is 0. The number of rotatable bonds is 3. The van der Waals surface area contributed by atoms with Gasteiger partial charge in [0, 0.05) is 0 Å². The summed E-state index contributed by atoms with van der Waals surface area (Å²) in [7, 11) is -4.20. The van der Waals surface area contributed by atoms with Crippen LogP contribution in [0.1, 0.15) is 0 Å². The molecule has 0 heterocycles. The Morgan fingerprint density at radius 2 is 1.17 bits per heavy atom. The van der Waals surface area contributed by atoms with Crippen molar-refractivity contribution in [2.24, 2.45) is 0 Å². The first-order chi connectivity index (χ1) is 8.45. The molecule has 2 rings (SSSR count). The molecule has 4 N–H and O–H groups in total. The Bertz CT molecular complexity index is 519. The van der Waals surface area contributed by atoms with Crippen LogP contribution in [0.25, 0.3) is 0 Å². The van der Waals surface area contributed by atoms with Gasteiger partial charge >= 0.3 is 109 Å². The average molecular weight is 284 g/mol. The maximum atomic E-state index is 9.16. The zero-order valence-electron chi connectivity index (χ0n) is 9.32. The summed E-state index contributed by atoms with van der Waals surface area (Å²) in [5, 5.41) is 9.31. The van der Waals surface area contributed by atoms with Gasteiger partial charge in [0.15, 0.2) is 0 Å². The summed E-state index contributed by atoms with van der Waals surface area (Å²) in [5.74, 6) is 0.214. The molecule has 2 aromatic rings. The van der Waals surface area contributed by atoms with Crippen LogP contribution >= 0.6 is 19.7 Å². The molecule has 96 valence electrons. The first-order valence-corrected chi connectivity index (χ1v) is 7.85. The van der Waals surface area contributed by atoms with E-state index in [9.17, 15) is 0 Å². The van der Waals surface area contributed by atoms with Gasteiger partial charge in [-0.25, -0.2) is 0 Å². The van der Waals surface area contributed by atoms with E-state index in [-0.39, 0.29) is 11.1 Å². The molecule has 18 heavy (non-hydrogen) atoms. The molecule has 0 aromatic heterocycles. The second-order valence-corrected chi connectivity index (χ2v) is 6.75. The monoisotopic (exact) mass is 284 g/mol. The van der Waals surface area contributed by atoms with Crippen molar-refractivity contribution in [2.75, 3.05) is 0 Å². The van der Waals surface area contributed by atoms with Gasteiger partial charge in [0.1, 0.15) is 0 Å². The van der Waals surface area contributed by atoms with Crippen molar-refractivity contribution in [3.8, 4) is 5.75 Å². The average Bonchev–Trinajstić information content (AvgIpc) is 2.32. The quantitative estimate of drug-likeness (QED) is 0.644. The Morgan fingerprint density at radius 1 is 0.722 bits per heavy atom. The molecule has 0 radical (unpaired) electrons. The Morgan fingerprint density at radius 3 is 1.61 bits per heavy atom. The van der Waals surface area contributed by atoms with Crippen molar-refractivity contribution in [3.05, 3.63) is 48.5 Å². The second-order valence-electron chi connectivity index (χ2n) is 3.76. The molecule has 0 amide bonds. The standard InChI is InChI=1S/C12H13O4PS/c13-9-1-5-11(6-2-9)18-12-7-3-10(4-8-12)17(14,15)16/h1-8,13-17H. The molecular weight excluding hydrogens is 271 g/mol. The van der Waals surface area contributed by atoms with Gasteiger partial charge in [-0.15, -0.1) is 0 Å². The van der Waals surface area contributed by atoms with Gasteiger partial charge in [0.25, 0.3) is 0 Å². The number of hydrogen-bond donors (Lipinski definition) is 4. The van der Waals surface area contributed by atoms with Crippen molar-refractivity contribution in [2.45, 2.75) is 9.79 Å². The first-order valence-electron chi connectivity index (χ1n) is 5.20. The van der Waals surface area contributed by atoms with Crippen molar-refractivity contribution in [1.29, 1.82) is 0 Å². The minimum absolute atomic E-state index is 0.151. The van der Waals surface area contributed by atoms with Gasteiger partial charge in [-0.2, -0.15) is 0 Å². The van der Waals surface area contributed by atoms with Crippen LogP contribution in [-0.4, -0.2) is 19.8 Å². The first kappa shape index (κ1) is 13.3. The van der Waals surface area contributed by atoms with Gasteiger partial charge < -0.3 is 0 Å². The van der Waals surface area contributed by atoms with E-state index in [2.05, 4.69) is 0 Å². The SMILES string of the molecule is Oc1ccc(Sc2ccc([PH](O)(O)O)cc2)cc1. The van der Waals surface area contributed by atoms with Crippen molar-refractivity contribution < 1.29 is 19.8 Å². The molecule has 6 heteroatoms. The van der Waals surface area contributed by atoms with E-state index in [0.717, 1.165) is 9.79 Å². The molecule has 0 aliphatic carbocycles. The van der Waals surface area contributed by atoms with Crippen LogP contribution < -0.4 is 5.30 Å². The third-order valence-electron chi connectivity index (χ3n) is 2.31. The Hall–Kier alpha value is -1.10. The summed E-state index contributed by atoms with van der Waals surface area (Å²) in [5.41, 5.74) is 0. The van der Waals surface area contributed by atoms with E-state index in [1.54, 1.807) is 36.4 Å². The second kappa shape index (κ2) is 5.26. The minimum atomic E-state index is -4.20. The Balaban J connectivity index is 2.13. The van der Waals surface area contributed by atoms with E-state index in [0.29, 0.717) is 0 Å². The molecule has 0 saturated heterocycles. The van der Waals surface area contributed by atoms with Gasteiger partial charge in [-0.05, 0) is 0 Å². The molecule has 0 aliphatic rings. The Labute approximate surface area is 109 Å². The molecule has 0 fully saturated rings. The van der Waals surface area contributed by atoms with Crippen LogP contribution in [0.4, 0.5) is 0 Å². The fourth-order valence-corrected chi connectivity index (χ4v) is 2.83. The molecule has 0 bridgehead atoms. The molecule has 2 aromatic carbocycles. The molecule has 4 nitrogen and oxygen atoms in total. The van der Waals surface area contributed by atoms with Crippen molar-refractivity contribution in [1.82, 2.24) is 0 Å². The molecule has 0 spiro atoms. The van der Waals surface area contributed by atoms with E-state index >= 15 is 0 Å². The normalized spacial score (nSPS) is 12.4. The topological polar surface area (TPSA) is 80.9 Å². The summed E-state index contributed by atoms with van der Waals surface area (Å²) >= 11 is 1.48. The molecule has 0 atom stereocenters. The van der Waals surface area contributed by atoms with E-state index in [4.69, 9.17) is 19.8 Å². The summed E-state index contributed by atoms with van der Waals surface area (Å²) < 4.78 is 0. The third-order valence-corrected chi connectivity index (χ3v) is 4.44. The van der Waals surface area contributed by atoms with Crippen LogP contribution in [0.2, 0.25) is 0 Å². The summed E-state index contributed by atoms with van der Waals surface area (Å²) in [4.78, 5) is 29.2. The van der Waals surface area contributed by atoms with Crippen LogP contribution in [0.3, 0.4) is 0 Å². The van der Waals surface area contributed by atoms with Gasteiger partial charge in [0.05, 0.1) is 0 Å². The predicted molar refractivity (Wildman–Crippen MR) is 73.3 cm³/mol. The van der Waals surface area contributed by atoms with E-state index < -0.39 is 7.94 Å². The van der Waals surface area contributed by atoms with Crippen molar-refractivity contribution >= 4 is 25.0 Å². The van der Waals surface area contributed by atoms with Gasteiger partial charge in [-0.3, -0.25) is 0 Å². The Kier molecular flexibility index (Phi) is 3.90. The van der Waals surface area contributed by atoms with Crippen LogP contribution in [0.15, 0.2) is 58.3 Å². The molecule has 0 unspecified atom stereocenters. The number of hydrogen-bond acceptors (Lipinski definition) is 5. The predicted octanol–water partition coefficient (Wildman–Crippen LogP) is 1.64. The summed E-state index contributed by atoms with van der Waals surface area (Å²) in [6.45, 7) is 0. The number of aromatic hydroxyl groups is 1. The number of phenols is 1. The fraction of sp³-hybridized carbons (Fsp3) is 0. The molecular formula is C12H13O4PS. The van der Waals surface area contributed by atoms with Crippen LogP contribution in [0, 0.1) is 0 Å². The molecule has 0 aliphatic heterocycles. The zero-order valence-corrected chi connectivity index (χ0v) is 11.1. The van der Waals surface area contributed by atoms with E-state index in [1.807, 2.05) is 0 Å². The van der Waals surface area contributed by atoms with Crippen molar-refractivity contribution in [3.63, 3.8) is 0 Å². The fourth-order valence-electron chi connectivity index (χ4n) is 1.40. The summed E-state index contributed by atoms with van der Waals surface area (Å²) in [6, 6.07) is 13.2. The number of phenolic OH excluding ortho intramolecular Hbond substituents is 1. The van der Waals surface area contributed by atoms with Crippen LogP contribution in [0.5, 0.6) is 5.75 Å². The van der Waals surface area contributed by atoms with Gasteiger partial charge in [-0.1, -0.05) is 0 Å².